The monoisotopic (exact) mass is 318 g/mol. The normalized spacial score (nSPS) is 12.5. The number of benzene rings is 1. The summed E-state index contributed by atoms with van der Waals surface area (Å²) in [5.41, 5.74) is 1.15. The molecular formula is C14H20BrClO. The molecule has 1 aromatic rings. The first-order valence-electron chi connectivity index (χ1n) is 6.14. The molecule has 0 amide bonds. The van der Waals surface area contributed by atoms with Gasteiger partial charge in [-0.25, -0.2) is 0 Å². The molecule has 1 rings (SSSR count). The number of ether oxygens (including phenoxy) is 1. The third-order valence-corrected chi connectivity index (χ3v) is 3.71. The van der Waals surface area contributed by atoms with E-state index in [-0.39, 0.29) is 0 Å². The minimum atomic E-state index is 0.701. The van der Waals surface area contributed by atoms with Crippen molar-refractivity contribution in [3.8, 4) is 5.75 Å². The Morgan fingerprint density at radius 2 is 2.12 bits per heavy atom. The van der Waals surface area contributed by atoms with Crippen LogP contribution in [0.15, 0.2) is 18.2 Å². The molecule has 0 radical (unpaired) electrons. The molecule has 1 nitrogen and oxygen atoms in total. The summed E-state index contributed by atoms with van der Waals surface area (Å²) in [7, 11) is 0. The fourth-order valence-electron chi connectivity index (χ4n) is 1.62. The van der Waals surface area contributed by atoms with E-state index in [0.717, 1.165) is 41.1 Å². The smallest absolute Gasteiger partial charge is 0.119 e. The summed E-state index contributed by atoms with van der Waals surface area (Å²) in [6.45, 7) is 5.13. The lowest BCUT2D eigenvalue weighted by Crippen LogP contribution is -2.04. The SMILES string of the molecule is CCc1cc(OCCC(C)CCBr)ccc1Cl. The Kier molecular flexibility index (Phi) is 6.98. The predicted molar refractivity (Wildman–Crippen MR) is 78.5 cm³/mol. The standard InChI is InChI=1S/C14H20BrClO/c1-3-12-10-13(4-5-14(12)16)17-9-7-11(2)6-8-15/h4-5,10-11H,3,6-9H2,1-2H3. The van der Waals surface area contributed by atoms with Crippen molar-refractivity contribution in [2.45, 2.75) is 33.1 Å². The van der Waals surface area contributed by atoms with Crippen LogP contribution in [0.3, 0.4) is 0 Å². The van der Waals surface area contributed by atoms with Crippen LogP contribution in [0.5, 0.6) is 5.75 Å². The second kappa shape index (κ2) is 7.99. The van der Waals surface area contributed by atoms with Crippen molar-refractivity contribution in [1.82, 2.24) is 0 Å². The van der Waals surface area contributed by atoms with E-state index >= 15 is 0 Å². The molecule has 0 fully saturated rings. The first-order valence-corrected chi connectivity index (χ1v) is 7.64. The molecule has 1 unspecified atom stereocenters. The maximum Gasteiger partial charge on any atom is 0.119 e. The van der Waals surface area contributed by atoms with Crippen molar-refractivity contribution >= 4 is 27.5 Å². The van der Waals surface area contributed by atoms with Crippen LogP contribution in [0, 0.1) is 5.92 Å². The zero-order chi connectivity index (χ0) is 12.7. The van der Waals surface area contributed by atoms with Gasteiger partial charge in [-0.15, -0.1) is 0 Å². The Bertz CT molecular complexity index is 341. The number of alkyl halides is 1. The van der Waals surface area contributed by atoms with Crippen molar-refractivity contribution in [3.63, 3.8) is 0 Å². The Hall–Kier alpha value is -0.210. The van der Waals surface area contributed by atoms with Gasteiger partial charge in [-0.3, -0.25) is 0 Å². The van der Waals surface area contributed by atoms with Crippen molar-refractivity contribution in [3.05, 3.63) is 28.8 Å². The third-order valence-electron chi connectivity index (χ3n) is 2.88. The lowest BCUT2D eigenvalue weighted by molar-refractivity contribution is 0.282. The summed E-state index contributed by atoms with van der Waals surface area (Å²) in [5, 5.41) is 1.89. The molecule has 17 heavy (non-hydrogen) atoms. The number of hydrogen-bond acceptors (Lipinski definition) is 1. The summed E-state index contributed by atoms with van der Waals surface area (Å²) >= 11 is 9.52. The largest absolute Gasteiger partial charge is 0.494 e. The van der Waals surface area contributed by atoms with E-state index in [1.54, 1.807) is 0 Å². The first-order chi connectivity index (χ1) is 8.17. The Morgan fingerprint density at radius 1 is 1.35 bits per heavy atom. The topological polar surface area (TPSA) is 9.23 Å². The van der Waals surface area contributed by atoms with E-state index in [1.165, 1.54) is 6.42 Å². The molecule has 1 aromatic carbocycles. The van der Waals surface area contributed by atoms with Crippen LogP contribution in [0.2, 0.25) is 5.02 Å². The van der Waals surface area contributed by atoms with Crippen molar-refractivity contribution in [1.29, 1.82) is 0 Å². The molecule has 0 bridgehead atoms. The van der Waals surface area contributed by atoms with Gasteiger partial charge in [0.05, 0.1) is 6.61 Å². The van der Waals surface area contributed by atoms with Gasteiger partial charge in [-0.05, 0) is 48.9 Å². The predicted octanol–water partition coefficient (Wildman–Crippen LogP) is 5.09. The number of hydrogen-bond donors (Lipinski definition) is 0. The summed E-state index contributed by atoms with van der Waals surface area (Å²) in [4.78, 5) is 0. The second-order valence-electron chi connectivity index (χ2n) is 4.33. The summed E-state index contributed by atoms with van der Waals surface area (Å²) in [6, 6.07) is 5.89. The summed E-state index contributed by atoms with van der Waals surface area (Å²) in [6.07, 6.45) is 3.23. The van der Waals surface area contributed by atoms with Crippen LogP contribution in [-0.4, -0.2) is 11.9 Å². The van der Waals surface area contributed by atoms with Crippen LogP contribution >= 0.6 is 27.5 Å². The molecule has 0 heterocycles. The second-order valence-corrected chi connectivity index (χ2v) is 5.53. The van der Waals surface area contributed by atoms with Gasteiger partial charge in [0.25, 0.3) is 0 Å². The molecule has 3 heteroatoms. The van der Waals surface area contributed by atoms with Gasteiger partial charge in [0.2, 0.25) is 0 Å². The molecule has 0 spiro atoms. The van der Waals surface area contributed by atoms with Crippen molar-refractivity contribution in [2.75, 3.05) is 11.9 Å². The van der Waals surface area contributed by atoms with E-state index in [4.69, 9.17) is 16.3 Å². The van der Waals surface area contributed by atoms with Gasteiger partial charge >= 0.3 is 0 Å². The lowest BCUT2D eigenvalue weighted by atomic mass is 10.1. The first kappa shape index (κ1) is 14.8. The minimum Gasteiger partial charge on any atom is -0.494 e. The van der Waals surface area contributed by atoms with Gasteiger partial charge in [0.1, 0.15) is 5.75 Å². The molecule has 0 saturated heterocycles. The fourth-order valence-corrected chi connectivity index (χ4v) is 2.65. The van der Waals surface area contributed by atoms with Crippen LogP contribution in [0.1, 0.15) is 32.3 Å². The van der Waals surface area contributed by atoms with E-state index in [9.17, 15) is 0 Å². The van der Waals surface area contributed by atoms with Gasteiger partial charge in [-0.2, -0.15) is 0 Å². The van der Waals surface area contributed by atoms with Gasteiger partial charge in [-0.1, -0.05) is 41.4 Å². The van der Waals surface area contributed by atoms with Gasteiger partial charge in [0.15, 0.2) is 0 Å². The zero-order valence-electron chi connectivity index (χ0n) is 10.5. The van der Waals surface area contributed by atoms with Crippen molar-refractivity contribution in [2.24, 2.45) is 5.92 Å². The van der Waals surface area contributed by atoms with Crippen LogP contribution in [-0.2, 0) is 6.42 Å². The molecule has 0 aromatic heterocycles. The number of rotatable bonds is 7. The summed E-state index contributed by atoms with van der Waals surface area (Å²) < 4.78 is 5.75. The fraction of sp³-hybridized carbons (Fsp3) is 0.571. The molecule has 0 aliphatic rings. The molecular weight excluding hydrogens is 300 g/mol. The lowest BCUT2D eigenvalue weighted by Gasteiger charge is -2.12. The molecule has 0 saturated carbocycles. The van der Waals surface area contributed by atoms with Gasteiger partial charge in [0, 0.05) is 10.4 Å². The highest BCUT2D eigenvalue weighted by atomic mass is 79.9. The quantitative estimate of drug-likeness (QED) is 0.636. The summed E-state index contributed by atoms with van der Waals surface area (Å²) in [5.74, 6) is 1.63. The Labute approximate surface area is 118 Å². The zero-order valence-corrected chi connectivity index (χ0v) is 12.9. The highest BCUT2D eigenvalue weighted by Crippen LogP contribution is 2.23. The maximum absolute atomic E-state index is 6.06. The molecule has 0 N–H and O–H groups in total. The number of halogens is 2. The van der Waals surface area contributed by atoms with Crippen LogP contribution in [0.4, 0.5) is 0 Å². The highest BCUT2D eigenvalue weighted by molar-refractivity contribution is 9.09. The van der Waals surface area contributed by atoms with E-state index < -0.39 is 0 Å². The van der Waals surface area contributed by atoms with E-state index in [0.29, 0.717) is 5.92 Å². The number of aryl methyl sites for hydroxylation is 1. The average molecular weight is 320 g/mol. The Balaban J connectivity index is 2.41. The third kappa shape index (κ3) is 5.31. The maximum atomic E-state index is 6.06. The van der Waals surface area contributed by atoms with E-state index in [1.807, 2.05) is 18.2 Å². The minimum absolute atomic E-state index is 0.701. The molecule has 0 aliphatic carbocycles. The van der Waals surface area contributed by atoms with E-state index in [2.05, 4.69) is 29.8 Å². The molecule has 0 aliphatic heterocycles. The average Bonchev–Trinajstić information content (AvgIpc) is 2.31. The van der Waals surface area contributed by atoms with Crippen molar-refractivity contribution < 1.29 is 4.74 Å². The van der Waals surface area contributed by atoms with Crippen LogP contribution < -0.4 is 4.74 Å². The molecule has 1 atom stereocenters. The molecule has 96 valence electrons. The van der Waals surface area contributed by atoms with Crippen LogP contribution in [0.25, 0.3) is 0 Å². The highest BCUT2D eigenvalue weighted by Gasteiger charge is 2.03. The Morgan fingerprint density at radius 3 is 2.76 bits per heavy atom. The van der Waals surface area contributed by atoms with Gasteiger partial charge < -0.3 is 4.74 Å².